The molecule has 2 aliphatic carbocycles. The lowest BCUT2D eigenvalue weighted by Gasteiger charge is -2.51. The molecule has 158 valence electrons. The van der Waals surface area contributed by atoms with Gasteiger partial charge >= 0.3 is 0 Å². The second-order valence-electron chi connectivity index (χ2n) is 9.70. The van der Waals surface area contributed by atoms with Crippen LogP contribution in [-0.4, -0.2) is 11.5 Å². The molecule has 4 heteroatoms. The first-order chi connectivity index (χ1) is 15.7. The van der Waals surface area contributed by atoms with Crippen LogP contribution in [0.5, 0.6) is 0 Å². The Kier molecular flexibility index (Phi) is 3.73. The summed E-state index contributed by atoms with van der Waals surface area (Å²) in [5.41, 5.74) is 5.56. The summed E-state index contributed by atoms with van der Waals surface area (Å²) < 4.78 is 0. The fourth-order valence-corrected chi connectivity index (χ4v) is 6.93. The van der Waals surface area contributed by atoms with Crippen molar-refractivity contribution < 1.29 is 4.92 Å². The Morgan fingerprint density at radius 3 is 2.69 bits per heavy atom. The summed E-state index contributed by atoms with van der Waals surface area (Å²) in [7, 11) is 0. The largest absolute Gasteiger partial charge is 0.363 e. The lowest BCUT2D eigenvalue weighted by molar-refractivity contribution is -0.384. The van der Waals surface area contributed by atoms with Gasteiger partial charge in [0.25, 0.3) is 5.69 Å². The molecule has 4 nitrogen and oxygen atoms in total. The first-order valence-corrected chi connectivity index (χ1v) is 11.6. The minimum Gasteiger partial charge on any atom is -0.363 e. The molecule has 0 bridgehead atoms. The number of nitro benzene ring substituents is 1. The number of nitrogens with zero attached hydrogens (tertiary/aromatic N) is 2. The summed E-state index contributed by atoms with van der Waals surface area (Å²) in [6.45, 7) is 1.01. The van der Waals surface area contributed by atoms with Gasteiger partial charge in [-0.3, -0.25) is 10.1 Å². The normalized spacial score (nSPS) is 29.1. The van der Waals surface area contributed by atoms with Gasteiger partial charge in [0.15, 0.2) is 0 Å². The Hall–Kier alpha value is -3.40. The molecule has 2 aliphatic heterocycles. The fourth-order valence-electron chi connectivity index (χ4n) is 6.93. The van der Waals surface area contributed by atoms with Crippen LogP contribution in [-0.2, 0) is 0 Å². The number of nitro groups is 1. The number of anilines is 1. The van der Waals surface area contributed by atoms with Crippen molar-refractivity contribution in [1.82, 2.24) is 0 Å². The monoisotopic (exact) mass is 420 g/mol. The van der Waals surface area contributed by atoms with Crippen LogP contribution in [0.3, 0.4) is 0 Å². The first kappa shape index (κ1) is 18.2. The molecule has 0 spiro atoms. The Morgan fingerprint density at radius 2 is 1.78 bits per heavy atom. The Bertz CT molecular complexity index is 1340. The molecule has 4 aliphatic rings. The lowest BCUT2D eigenvalue weighted by Crippen LogP contribution is -2.46. The molecule has 3 aromatic rings. The number of non-ortho nitro benzene ring substituents is 1. The van der Waals surface area contributed by atoms with E-state index >= 15 is 0 Å². The highest BCUT2D eigenvalue weighted by Gasteiger charge is 2.48. The number of allylic oxidation sites excluding steroid dienone is 4. The van der Waals surface area contributed by atoms with E-state index in [1.807, 2.05) is 12.1 Å². The number of fused-ring (bicyclic) bond motifs is 6. The minimum absolute atomic E-state index is 0.156. The predicted octanol–water partition coefficient (Wildman–Crippen LogP) is 6.64. The molecule has 3 aromatic carbocycles. The third-order valence-corrected chi connectivity index (χ3v) is 8.17. The van der Waals surface area contributed by atoms with Crippen LogP contribution in [0.25, 0.3) is 10.8 Å². The van der Waals surface area contributed by atoms with E-state index in [1.165, 1.54) is 27.6 Å². The molecule has 0 N–H and O–H groups in total. The molecule has 2 heterocycles. The molecular weight excluding hydrogens is 396 g/mol. The fraction of sp³-hybridized carbons (Fsp3) is 0.286. The third kappa shape index (κ3) is 2.38. The SMILES string of the molecule is O=[N+]([O-])c1cccc([C@@H]2[C@@H]3CC=C[C@@H]3c3c4c(cc5ccccc35)[C@@H]3C=CC[C@H]3CN42)c1. The van der Waals surface area contributed by atoms with E-state index in [0.717, 1.165) is 24.9 Å². The second-order valence-corrected chi connectivity index (χ2v) is 9.70. The van der Waals surface area contributed by atoms with Crippen molar-refractivity contribution in [2.24, 2.45) is 11.8 Å². The Labute approximate surface area is 187 Å². The van der Waals surface area contributed by atoms with Crippen molar-refractivity contribution in [2.75, 3.05) is 11.4 Å². The van der Waals surface area contributed by atoms with Gasteiger partial charge in [-0.05, 0) is 58.2 Å². The van der Waals surface area contributed by atoms with Gasteiger partial charge in [0.2, 0.25) is 0 Å². The smallest absolute Gasteiger partial charge is 0.269 e. The summed E-state index contributed by atoms with van der Waals surface area (Å²) in [6, 6.07) is 18.7. The van der Waals surface area contributed by atoms with Crippen molar-refractivity contribution in [3.05, 3.63) is 106 Å². The molecule has 0 fully saturated rings. The summed E-state index contributed by atoms with van der Waals surface area (Å²) in [6.07, 6.45) is 11.6. The zero-order chi connectivity index (χ0) is 21.4. The van der Waals surface area contributed by atoms with E-state index < -0.39 is 0 Å². The van der Waals surface area contributed by atoms with Crippen LogP contribution in [0.15, 0.2) is 78.9 Å². The van der Waals surface area contributed by atoms with Gasteiger partial charge in [-0.1, -0.05) is 60.7 Å². The molecule has 0 aromatic heterocycles. The van der Waals surface area contributed by atoms with Gasteiger partial charge in [0.1, 0.15) is 0 Å². The maximum absolute atomic E-state index is 11.5. The average molecular weight is 421 g/mol. The van der Waals surface area contributed by atoms with Crippen LogP contribution in [0.1, 0.15) is 47.4 Å². The highest BCUT2D eigenvalue weighted by Crippen LogP contribution is 2.60. The standard InChI is InChI=1S/C28H24N2O2/c31-30(32)20-9-3-7-18(14-20)27-24-13-5-12-23(24)26-22-10-2-1-6-17(22)15-25-21-11-4-8-19(21)16-29(27)28(25)26/h1-7,9-12,14-15,19,21,23-24,27H,8,13,16H2/t19-,21+,23-,24+,27+/m0/s1. The lowest BCUT2D eigenvalue weighted by atomic mass is 9.69. The van der Waals surface area contributed by atoms with Gasteiger partial charge in [-0.15, -0.1) is 0 Å². The average Bonchev–Trinajstić information content (AvgIpc) is 3.48. The predicted molar refractivity (Wildman–Crippen MR) is 127 cm³/mol. The van der Waals surface area contributed by atoms with E-state index in [2.05, 4.69) is 65.6 Å². The van der Waals surface area contributed by atoms with Crippen LogP contribution >= 0.6 is 0 Å². The van der Waals surface area contributed by atoms with Crippen molar-refractivity contribution in [2.45, 2.75) is 30.7 Å². The molecule has 0 amide bonds. The highest BCUT2D eigenvalue weighted by atomic mass is 16.6. The van der Waals surface area contributed by atoms with Gasteiger partial charge < -0.3 is 4.90 Å². The van der Waals surface area contributed by atoms with Crippen molar-refractivity contribution in [3.8, 4) is 0 Å². The molecule has 5 atom stereocenters. The Balaban J connectivity index is 1.52. The second kappa shape index (κ2) is 6.55. The van der Waals surface area contributed by atoms with Crippen molar-refractivity contribution in [3.63, 3.8) is 0 Å². The maximum atomic E-state index is 11.5. The highest BCUT2D eigenvalue weighted by molar-refractivity contribution is 5.94. The zero-order valence-corrected chi connectivity index (χ0v) is 17.7. The molecular formula is C28H24N2O2. The topological polar surface area (TPSA) is 46.4 Å². The first-order valence-electron chi connectivity index (χ1n) is 11.6. The van der Waals surface area contributed by atoms with Crippen molar-refractivity contribution in [1.29, 1.82) is 0 Å². The van der Waals surface area contributed by atoms with Crippen LogP contribution in [0, 0.1) is 22.0 Å². The van der Waals surface area contributed by atoms with E-state index in [9.17, 15) is 10.1 Å². The molecule has 0 radical (unpaired) electrons. The van der Waals surface area contributed by atoms with Gasteiger partial charge in [0, 0.05) is 36.2 Å². The molecule has 7 rings (SSSR count). The van der Waals surface area contributed by atoms with Crippen LogP contribution in [0.4, 0.5) is 11.4 Å². The van der Waals surface area contributed by atoms with E-state index in [4.69, 9.17) is 0 Å². The van der Waals surface area contributed by atoms with Crippen LogP contribution < -0.4 is 4.90 Å². The van der Waals surface area contributed by atoms with E-state index in [-0.39, 0.29) is 16.7 Å². The summed E-state index contributed by atoms with van der Waals surface area (Å²) in [4.78, 5) is 13.9. The number of rotatable bonds is 2. The van der Waals surface area contributed by atoms with Gasteiger partial charge in [0.05, 0.1) is 11.0 Å². The van der Waals surface area contributed by atoms with E-state index in [1.54, 1.807) is 6.07 Å². The van der Waals surface area contributed by atoms with E-state index in [0.29, 0.717) is 23.7 Å². The quantitative estimate of drug-likeness (QED) is 0.265. The van der Waals surface area contributed by atoms with Gasteiger partial charge in [-0.2, -0.15) is 0 Å². The Morgan fingerprint density at radius 1 is 0.938 bits per heavy atom. The number of benzene rings is 3. The molecule has 0 saturated carbocycles. The molecule has 0 saturated heterocycles. The zero-order valence-electron chi connectivity index (χ0n) is 17.7. The third-order valence-electron chi connectivity index (χ3n) is 8.17. The van der Waals surface area contributed by atoms with Crippen molar-refractivity contribution >= 4 is 22.1 Å². The summed E-state index contributed by atoms with van der Waals surface area (Å²) >= 11 is 0. The number of hydrogen-bond acceptors (Lipinski definition) is 3. The molecule has 0 unspecified atom stereocenters. The molecule has 32 heavy (non-hydrogen) atoms. The van der Waals surface area contributed by atoms with Gasteiger partial charge in [-0.25, -0.2) is 0 Å². The maximum Gasteiger partial charge on any atom is 0.269 e. The van der Waals surface area contributed by atoms with Crippen LogP contribution in [0.2, 0.25) is 0 Å². The minimum atomic E-state index is -0.267. The summed E-state index contributed by atoms with van der Waals surface area (Å²) in [5, 5.41) is 14.2. The summed E-state index contributed by atoms with van der Waals surface area (Å²) in [5.74, 6) is 1.78. The number of hydrogen-bond donors (Lipinski definition) is 0.